The molecule has 3 heterocycles. The molecule has 0 saturated carbocycles. The first-order valence-corrected chi connectivity index (χ1v) is 6.72. The number of aliphatic imine (C=N–C) groups is 1. The third-order valence-corrected chi connectivity index (χ3v) is 3.27. The normalized spacial score (nSPS) is 13.0. The minimum atomic E-state index is 0.133. The van der Waals surface area contributed by atoms with Crippen LogP contribution in [0.3, 0.4) is 0 Å². The number of H-pyrrole nitrogens is 1. The zero-order valence-corrected chi connectivity index (χ0v) is 12.3. The Kier molecular flexibility index (Phi) is 4.76. The largest absolute Gasteiger partial charge is 0.373 e. The Morgan fingerprint density at radius 3 is 2.68 bits per heavy atom. The van der Waals surface area contributed by atoms with Crippen LogP contribution in [-0.2, 0) is 20.8 Å². The van der Waals surface area contributed by atoms with Crippen LogP contribution in [0.15, 0.2) is 35.0 Å². The maximum Gasteiger partial charge on any atom is 0.373 e. The van der Waals surface area contributed by atoms with Gasteiger partial charge in [0.15, 0.2) is 5.78 Å². The number of carbonyl (C=O) groups excluding carboxylic acids is 3. The predicted molar refractivity (Wildman–Crippen MR) is 80.6 cm³/mol. The standard InChI is InChI=1S/C15H15N3O.CO2/c1-9-3-13(8-16-9)14(19)6-11-5-12-4-10(2)18-15(12)17-7-11;2-1-3/h3-5,7H,6,8H2,1-2H3,(H,17,18);. The number of nitrogens with zero attached hydrogens (tertiary/aromatic N) is 2. The molecule has 0 spiro atoms. The van der Waals surface area contributed by atoms with Crippen molar-refractivity contribution in [3.8, 4) is 0 Å². The molecule has 0 fully saturated rings. The van der Waals surface area contributed by atoms with Gasteiger partial charge in [-0.3, -0.25) is 9.79 Å². The third kappa shape index (κ3) is 3.62. The van der Waals surface area contributed by atoms with Gasteiger partial charge in [0.1, 0.15) is 5.65 Å². The van der Waals surface area contributed by atoms with Gasteiger partial charge in [0, 0.05) is 35.0 Å². The molecule has 0 bridgehead atoms. The lowest BCUT2D eigenvalue weighted by Crippen LogP contribution is -2.07. The van der Waals surface area contributed by atoms with Gasteiger partial charge in [-0.05, 0) is 37.6 Å². The second kappa shape index (κ2) is 6.74. The second-order valence-electron chi connectivity index (χ2n) is 5.04. The molecule has 6 heteroatoms. The Morgan fingerprint density at radius 1 is 1.32 bits per heavy atom. The van der Waals surface area contributed by atoms with Gasteiger partial charge in [0.05, 0.1) is 6.54 Å². The van der Waals surface area contributed by atoms with Crippen LogP contribution in [0.5, 0.6) is 0 Å². The van der Waals surface area contributed by atoms with Gasteiger partial charge in [-0.15, -0.1) is 0 Å². The highest BCUT2D eigenvalue weighted by Gasteiger charge is 2.14. The fraction of sp³-hybridized carbons (Fsp3) is 0.250. The van der Waals surface area contributed by atoms with Crippen LogP contribution in [0.2, 0.25) is 0 Å². The van der Waals surface area contributed by atoms with Crippen molar-refractivity contribution in [2.75, 3.05) is 6.54 Å². The van der Waals surface area contributed by atoms with Crippen LogP contribution in [0.25, 0.3) is 11.0 Å². The molecule has 0 saturated heterocycles. The number of nitrogens with one attached hydrogen (secondary N) is 1. The lowest BCUT2D eigenvalue weighted by molar-refractivity contribution is -0.191. The van der Waals surface area contributed by atoms with E-state index in [1.807, 2.05) is 32.1 Å². The number of hydrogen-bond acceptors (Lipinski definition) is 5. The zero-order chi connectivity index (χ0) is 16.1. The molecular formula is C16H15N3O3. The summed E-state index contributed by atoms with van der Waals surface area (Å²) in [6, 6.07) is 4.06. The zero-order valence-electron chi connectivity index (χ0n) is 12.3. The Labute approximate surface area is 127 Å². The molecule has 1 aliphatic rings. The number of pyridine rings is 1. The molecule has 6 nitrogen and oxygen atoms in total. The van der Waals surface area contributed by atoms with Crippen molar-refractivity contribution in [3.63, 3.8) is 0 Å². The minimum Gasteiger partial charge on any atom is -0.344 e. The van der Waals surface area contributed by atoms with Crippen molar-refractivity contribution < 1.29 is 14.4 Å². The molecule has 0 unspecified atom stereocenters. The maximum atomic E-state index is 12.1. The molecule has 0 radical (unpaired) electrons. The monoisotopic (exact) mass is 297 g/mol. The van der Waals surface area contributed by atoms with E-state index in [-0.39, 0.29) is 11.9 Å². The molecule has 112 valence electrons. The minimum absolute atomic E-state index is 0.133. The van der Waals surface area contributed by atoms with Gasteiger partial charge in [0.25, 0.3) is 0 Å². The summed E-state index contributed by atoms with van der Waals surface area (Å²) in [7, 11) is 0. The number of allylic oxidation sites excluding steroid dienone is 1. The highest BCUT2D eigenvalue weighted by molar-refractivity contribution is 6.07. The van der Waals surface area contributed by atoms with Gasteiger partial charge in [-0.25, -0.2) is 4.98 Å². The molecule has 22 heavy (non-hydrogen) atoms. The van der Waals surface area contributed by atoms with Crippen molar-refractivity contribution in [2.24, 2.45) is 4.99 Å². The predicted octanol–water partition coefficient (Wildman–Crippen LogP) is 1.80. The molecular weight excluding hydrogens is 282 g/mol. The summed E-state index contributed by atoms with van der Waals surface area (Å²) >= 11 is 0. The average molecular weight is 297 g/mol. The number of aryl methyl sites for hydroxylation is 1. The molecule has 2 aromatic heterocycles. The Bertz CT molecular complexity index is 809. The van der Waals surface area contributed by atoms with Crippen LogP contribution < -0.4 is 0 Å². The van der Waals surface area contributed by atoms with E-state index in [9.17, 15) is 4.79 Å². The van der Waals surface area contributed by atoms with Crippen molar-refractivity contribution in [2.45, 2.75) is 20.3 Å². The summed E-state index contributed by atoms with van der Waals surface area (Å²) in [5.74, 6) is 0.133. The van der Waals surface area contributed by atoms with Gasteiger partial charge in [0.2, 0.25) is 0 Å². The number of ketones is 1. The molecule has 2 aromatic rings. The number of rotatable bonds is 3. The van der Waals surface area contributed by atoms with E-state index in [1.54, 1.807) is 6.20 Å². The number of fused-ring (bicyclic) bond motifs is 1. The van der Waals surface area contributed by atoms with Crippen molar-refractivity contribution in [3.05, 3.63) is 41.2 Å². The van der Waals surface area contributed by atoms with Gasteiger partial charge in [-0.1, -0.05) is 0 Å². The van der Waals surface area contributed by atoms with Crippen molar-refractivity contribution >= 4 is 28.7 Å². The van der Waals surface area contributed by atoms with E-state index < -0.39 is 0 Å². The molecule has 0 atom stereocenters. The molecule has 0 aliphatic carbocycles. The first kappa shape index (κ1) is 15.5. The number of hydrogen-bond donors (Lipinski definition) is 1. The Hall–Kier alpha value is -2.85. The van der Waals surface area contributed by atoms with Crippen LogP contribution in [-0.4, -0.2) is 34.2 Å². The molecule has 1 N–H and O–H groups in total. The van der Waals surface area contributed by atoms with Crippen LogP contribution in [0.4, 0.5) is 0 Å². The van der Waals surface area contributed by atoms with E-state index in [4.69, 9.17) is 9.59 Å². The van der Waals surface area contributed by atoms with Crippen LogP contribution in [0.1, 0.15) is 18.2 Å². The van der Waals surface area contributed by atoms with Crippen molar-refractivity contribution in [1.82, 2.24) is 9.97 Å². The van der Waals surface area contributed by atoms with Crippen LogP contribution >= 0.6 is 0 Å². The summed E-state index contributed by atoms with van der Waals surface area (Å²) in [6.07, 6.45) is 4.27. The quantitative estimate of drug-likeness (QED) is 0.935. The maximum absolute atomic E-state index is 12.1. The molecule has 3 rings (SSSR count). The smallest absolute Gasteiger partial charge is 0.344 e. The lowest BCUT2D eigenvalue weighted by Gasteiger charge is -2.01. The number of aromatic amines is 1. The topological polar surface area (TPSA) is 92.2 Å². The van der Waals surface area contributed by atoms with Crippen LogP contribution in [0, 0.1) is 6.92 Å². The second-order valence-corrected chi connectivity index (χ2v) is 5.04. The molecule has 0 aromatic carbocycles. The van der Waals surface area contributed by atoms with Gasteiger partial charge >= 0.3 is 6.15 Å². The number of Topliss-reactive ketones (excluding diaryl/α,β-unsaturated/α-hetero) is 1. The third-order valence-electron chi connectivity index (χ3n) is 3.27. The number of carbonyl (C=O) groups is 1. The van der Waals surface area contributed by atoms with Gasteiger partial charge < -0.3 is 4.98 Å². The molecule has 1 aliphatic heterocycles. The van der Waals surface area contributed by atoms with E-state index in [1.165, 1.54) is 0 Å². The summed E-state index contributed by atoms with van der Waals surface area (Å²) in [4.78, 5) is 40.1. The highest BCUT2D eigenvalue weighted by atomic mass is 16.2. The number of aromatic nitrogens is 2. The summed E-state index contributed by atoms with van der Waals surface area (Å²) < 4.78 is 0. The summed E-state index contributed by atoms with van der Waals surface area (Å²) in [6.45, 7) is 4.43. The molecule has 0 amide bonds. The highest BCUT2D eigenvalue weighted by Crippen LogP contribution is 2.16. The Balaban J connectivity index is 0.000000545. The SMILES string of the molecule is CC1=NCC(C(=O)Cc2cnc3[nH]c(C)cc3c2)=C1.O=C=O. The average Bonchev–Trinajstić information content (AvgIpc) is 3.04. The van der Waals surface area contributed by atoms with E-state index in [0.29, 0.717) is 13.0 Å². The van der Waals surface area contributed by atoms with E-state index in [0.717, 1.165) is 33.6 Å². The van der Waals surface area contributed by atoms with E-state index >= 15 is 0 Å². The van der Waals surface area contributed by atoms with Crippen molar-refractivity contribution in [1.29, 1.82) is 0 Å². The fourth-order valence-corrected chi connectivity index (χ4v) is 2.32. The first-order valence-electron chi connectivity index (χ1n) is 6.72. The van der Waals surface area contributed by atoms with E-state index in [2.05, 4.69) is 15.0 Å². The fourth-order valence-electron chi connectivity index (χ4n) is 2.32. The summed E-state index contributed by atoms with van der Waals surface area (Å²) in [5, 5.41) is 1.05. The lowest BCUT2D eigenvalue weighted by atomic mass is 10.0. The first-order chi connectivity index (χ1) is 10.5. The Morgan fingerprint density at radius 2 is 2.05 bits per heavy atom. The van der Waals surface area contributed by atoms with Gasteiger partial charge in [-0.2, -0.15) is 9.59 Å². The summed E-state index contributed by atoms with van der Waals surface area (Å²) in [5.41, 5.74) is 4.62.